The van der Waals surface area contributed by atoms with Crippen molar-refractivity contribution in [3.8, 4) is 0 Å². The molecule has 2 aromatic carbocycles. The van der Waals surface area contributed by atoms with E-state index in [1.807, 2.05) is 0 Å². The van der Waals surface area contributed by atoms with Crippen LogP contribution in [0.15, 0.2) is 79.0 Å². The SMILES string of the molecule is C=C[C@H](OCC(=NO)c1ccccc1F)C(F)(F)F.C=C[C@H](OCC(=O)c1ccccc1F)C(F)(F)F. The van der Waals surface area contributed by atoms with E-state index in [2.05, 4.69) is 27.8 Å². The van der Waals surface area contributed by atoms with Crippen LogP contribution in [0.5, 0.6) is 0 Å². The van der Waals surface area contributed by atoms with Crippen LogP contribution in [-0.2, 0) is 9.47 Å². The molecule has 0 amide bonds. The highest BCUT2D eigenvalue weighted by molar-refractivity contribution is 6.01. The summed E-state index contributed by atoms with van der Waals surface area (Å²) in [7, 11) is 0. The molecule has 0 aliphatic rings. The summed E-state index contributed by atoms with van der Waals surface area (Å²) in [6, 6.07) is 10.2. The first kappa shape index (κ1) is 31.4. The molecule has 5 nitrogen and oxygen atoms in total. The van der Waals surface area contributed by atoms with E-state index in [4.69, 9.17) is 5.21 Å². The molecule has 0 aliphatic heterocycles. The van der Waals surface area contributed by atoms with Crippen LogP contribution in [0.25, 0.3) is 0 Å². The van der Waals surface area contributed by atoms with Crippen molar-refractivity contribution < 1.29 is 54.6 Å². The first-order valence-electron chi connectivity index (χ1n) is 10.1. The highest BCUT2D eigenvalue weighted by Gasteiger charge is 2.39. The Balaban J connectivity index is 0.000000371. The number of nitrogens with zero attached hydrogens (tertiary/aromatic N) is 1. The van der Waals surface area contributed by atoms with Crippen molar-refractivity contribution in [2.45, 2.75) is 24.6 Å². The van der Waals surface area contributed by atoms with Crippen LogP contribution in [0.1, 0.15) is 15.9 Å². The minimum absolute atomic E-state index is 0.130. The van der Waals surface area contributed by atoms with Gasteiger partial charge in [-0.2, -0.15) is 26.3 Å². The normalized spacial score (nSPS) is 13.7. The van der Waals surface area contributed by atoms with E-state index in [0.717, 1.165) is 12.1 Å². The highest BCUT2D eigenvalue weighted by Crippen LogP contribution is 2.25. The maximum atomic E-state index is 13.4. The van der Waals surface area contributed by atoms with Crippen LogP contribution in [0.2, 0.25) is 0 Å². The summed E-state index contributed by atoms with van der Waals surface area (Å²) < 4.78 is 109. The van der Waals surface area contributed by atoms with Crippen molar-refractivity contribution in [1.29, 1.82) is 0 Å². The lowest BCUT2D eigenvalue weighted by Crippen LogP contribution is -2.31. The smallest absolute Gasteiger partial charge is 0.411 e. The van der Waals surface area contributed by atoms with E-state index in [0.29, 0.717) is 12.2 Å². The fourth-order valence-corrected chi connectivity index (χ4v) is 2.55. The molecule has 2 atom stereocenters. The Kier molecular flexibility index (Phi) is 12.1. The number of ether oxygens (including phenoxy) is 2. The number of ketones is 1. The molecule has 1 N–H and O–H groups in total. The average Bonchev–Trinajstić information content (AvgIpc) is 2.82. The minimum atomic E-state index is -4.64. The van der Waals surface area contributed by atoms with E-state index >= 15 is 0 Å². The fraction of sp³-hybridized carbons (Fsp3) is 0.250. The molecule has 0 aromatic heterocycles. The van der Waals surface area contributed by atoms with E-state index in [9.17, 15) is 39.9 Å². The molecule has 0 fully saturated rings. The quantitative estimate of drug-likeness (QED) is 0.0964. The van der Waals surface area contributed by atoms with E-state index in [-0.39, 0.29) is 16.8 Å². The van der Waals surface area contributed by atoms with Gasteiger partial charge in [0.1, 0.15) is 24.0 Å². The topological polar surface area (TPSA) is 68.1 Å². The Hall–Kier alpha value is -3.58. The third kappa shape index (κ3) is 10.1. The number of alkyl halides is 6. The molecule has 0 bridgehead atoms. The van der Waals surface area contributed by atoms with E-state index < -0.39 is 55.2 Å². The van der Waals surface area contributed by atoms with Gasteiger partial charge in [-0.3, -0.25) is 4.79 Å². The second-order valence-corrected chi connectivity index (χ2v) is 6.95. The molecule has 0 heterocycles. The Morgan fingerprint density at radius 1 is 0.811 bits per heavy atom. The molecule has 13 heteroatoms. The van der Waals surface area contributed by atoms with Gasteiger partial charge in [-0.15, -0.1) is 13.2 Å². The first-order chi connectivity index (χ1) is 17.3. The molecule has 0 saturated heterocycles. The molecule has 0 spiro atoms. The summed E-state index contributed by atoms with van der Waals surface area (Å²) in [5.74, 6) is -2.38. The van der Waals surface area contributed by atoms with E-state index in [1.54, 1.807) is 0 Å². The molecule has 202 valence electrons. The van der Waals surface area contributed by atoms with Crippen molar-refractivity contribution in [2.24, 2.45) is 5.16 Å². The lowest BCUT2D eigenvalue weighted by atomic mass is 10.1. The zero-order chi connectivity index (χ0) is 28.2. The van der Waals surface area contributed by atoms with Crippen molar-refractivity contribution in [2.75, 3.05) is 13.2 Å². The minimum Gasteiger partial charge on any atom is -0.411 e. The number of hydrogen-bond acceptors (Lipinski definition) is 5. The maximum absolute atomic E-state index is 13.4. The molecule has 2 rings (SSSR count). The zero-order valence-electron chi connectivity index (χ0n) is 18.9. The van der Waals surface area contributed by atoms with Crippen LogP contribution in [-0.4, -0.2) is 54.5 Å². The van der Waals surface area contributed by atoms with Crippen LogP contribution >= 0.6 is 0 Å². The number of hydrogen-bond donors (Lipinski definition) is 1. The summed E-state index contributed by atoms with van der Waals surface area (Å²) in [5, 5.41) is 11.5. The molecular weight excluding hydrogens is 518 g/mol. The van der Waals surface area contributed by atoms with Gasteiger partial charge in [0.2, 0.25) is 0 Å². The van der Waals surface area contributed by atoms with Gasteiger partial charge in [0.25, 0.3) is 0 Å². The van der Waals surface area contributed by atoms with Crippen LogP contribution in [0.4, 0.5) is 35.1 Å². The third-order valence-corrected chi connectivity index (χ3v) is 4.35. The van der Waals surface area contributed by atoms with Gasteiger partial charge in [-0.1, -0.05) is 41.6 Å². The average molecular weight is 539 g/mol. The van der Waals surface area contributed by atoms with Crippen LogP contribution < -0.4 is 0 Å². The second-order valence-electron chi connectivity index (χ2n) is 6.95. The van der Waals surface area contributed by atoms with Gasteiger partial charge in [-0.25, -0.2) is 8.78 Å². The maximum Gasteiger partial charge on any atom is 0.418 e. The Labute approximate surface area is 206 Å². The van der Waals surface area contributed by atoms with Gasteiger partial charge in [0.15, 0.2) is 18.0 Å². The summed E-state index contributed by atoms with van der Waals surface area (Å²) >= 11 is 0. The second kappa shape index (κ2) is 14.2. The monoisotopic (exact) mass is 539 g/mol. The van der Waals surface area contributed by atoms with Gasteiger partial charge in [0, 0.05) is 5.56 Å². The number of halogens is 8. The first-order valence-corrected chi connectivity index (χ1v) is 10.1. The van der Waals surface area contributed by atoms with Crippen molar-refractivity contribution in [1.82, 2.24) is 0 Å². The lowest BCUT2D eigenvalue weighted by Gasteiger charge is -2.17. The highest BCUT2D eigenvalue weighted by atomic mass is 19.4. The Bertz CT molecular complexity index is 1080. The zero-order valence-corrected chi connectivity index (χ0v) is 18.9. The van der Waals surface area contributed by atoms with Crippen molar-refractivity contribution in [3.63, 3.8) is 0 Å². The predicted molar refractivity (Wildman–Crippen MR) is 117 cm³/mol. The third-order valence-electron chi connectivity index (χ3n) is 4.35. The Morgan fingerprint density at radius 2 is 1.22 bits per heavy atom. The largest absolute Gasteiger partial charge is 0.418 e. The lowest BCUT2D eigenvalue weighted by molar-refractivity contribution is -0.200. The van der Waals surface area contributed by atoms with Gasteiger partial charge in [0.05, 0.1) is 12.2 Å². The summed E-state index contributed by atoms with van der Waals surface area (Å²) in [6.45, 7) is 4.40. The fourth-order valence-electron chi connectivity index (χ4n) is 2.55. The molecule has 0 aliphatic carbocycles. The van der Waals surface area contributed by atoms with Crippen molar-refractivity contribution >= 4 is 11.5 Å². The predicted octanol–water partition coefficient (Wildman–Crippen LogP) is 6.28. The molecule has 2 aromatic rings. The van der Waals surface area contributed by atoms with Crippen LogP contribution in [0, 0.1) is 11.6 Å². The summed E-state index contributed by atoms with van der Waals surface area (Å²) in [4.78, 5) is 11.4. The van der Waals surface area contributed by atoms with Gasteiger partial charge in [-0.05, 0) is 24.3 Å². The summed E-state index contributed by atoms with van der Waals surface area (Å²) in [5.41, 5.74) is -0.772. The van der Waals surface area contributed by atoms with E-state index in [1.165, 1.54) is 36.4 Å². The molecule has 0 saturated carbocycles. The number of Topliss-reactive ketones (excluding diaryl/α,β-unsaturated/α-hetero) is 1. The van der Waals surface area contributed by atoms with Gasteiger partial charge >= 0.3 is 12.4 Å². The molecular formula is C24H21F8NO4. The summed E-state index contributed by atoms with van der Waals surface area (Å²) in [6.07, 6.45) is -12.6. The standard InChI is InChI=1S/C12H11F4NO2.C12H10F4O2/c1-2-11(12(14,15)16)19-7-10(17-18)8-5-3-4-6-9(8)13;1-2-11(12(14,15)16)18-7-10(17)8-5-3-4-6-9(8)13/h2-6,11,18H,1,7H2;2-6,11H,1,7H2/t2*11-/m00/s1. The number of oxime groups is 1. The number of carbonyl (C=O) groups is 1. The molecule has 0 unspecified atom stereocenters. The van der Waals surface area contributed by atoms with Gasteiger partial charge < -0.3 is 14.7 Å². The van der Waals surface area contributed by atoms with Crippen molar-refractivity contribution in [3.05, 3.63) is 96.6 Å². The van der Waals surface area contributed by atoms with Crippen LogP contribution in [0.3, 0.4) is 0 Å². The molecule has 0 radical (unpaired) electrons. The number of rotatable bonds is 10. The number of benzene rings is 2. The molecule has 37 heavy (non-hydrogen) atoms. The Morgan fingerprint density at radius 3 is 1.59 bits per heavy atom. The number of carbonyl (C=O) groups excluding carboxylic acids is 1.